The number of carbonyl (C=O) groups is 2. The Morgan fingerprint density at radius 2 is 1.77 bits per heavy atom. The van der Waals surface area contributed by atoms with E-state index >= 15 is 0 Å². The van der Waals surface area contributed by atoms with Gasteiger partial charge in [-0.3, -0.25) is 9.59 Å². The number of ether oxygens (including phenoxy) is 2. The highest BCUT2D eigenvalue weighted by Gasteiger charge is 2.34. The third-order valence-corrected chi connectivity index (χ3v) is 5.33. The van der Waals surface area contributed by atoms with E-state index in [2.05, 4.69) is 13.8 Å². The van der Waals surface area contributed by atoms with Gasteiger partial charge >= 0.3 is 11.9 Å². The van der Waals surface area contributed by atoms with Crippen molar-refractivity contribution in [3.63, 3.8) is 0 Å². The van der Waals surface area contributed by atoms with Gasteiger partial charge in [-0.2, -0.15) is 0 Å². The molecule has 0 bridgehead atoms. The summed E-state index contributed by atoms with van der Waals surface area (Å²) in [6.07, 6.45) is 7.61. The second kappa shape index (κ2) is 7.47. The SMILES string of the molecule is CC(C(=O)OCCOC(=O)C1CCC1)C1CCCC(C)(C)C1. The molecule has 2 unspecified atom stereocenters. The average molecular weight is 310 g/mol. The first-order valence-corrected chi connectivity index (χ1v) is 8.72. The van der Waals surface area contributed by atoms with Crippen molar-refractivity contribution >= 4 is 11.9 Å². The lowest BCUT2D eigenvalue weighted by Crippen LogP contribution is -2.32. The molecule has 0 amide bonds. The lowest BCUT2D eigenvalue weighted by Gasteiger charge is -2.37. The van der Waals surface area contributed by atoms with Gasteiger partial charge in [0.25, 0.3) is 0 Å². The number of hydrogen-bond acceptors (Lipinski definition) is 4. The number of carbonyl (C=O) groups excluding carboxylic acids is 2. The average Bonchev–Trinajstić information content (AvgIpc) is 2.39. The Labute approximate surface area is 133 Å². The van der Waals surface area contributed by atoms with Gasteiger partial charge in [0.05, 0.1) is 11.8 Å². The molecule has 2 rings (SSSR count). The first-order chi connectivity index (χ1) is 10.4. The summed E-state index contributed by atoms with van der Waals surface area (Å²) in [6.45, 7) is 6.88. The van der Waals surface area contributed by atoms with Crippen molar-refractivity contribution in [2.75, 3.05) is 13.2 Å². The predicted molar refractivity (Wildman–Crippen MR) is 84.2 cm³/mol. The van der Waals surface area contributed by atoms with E-state index in [0.29, 0.717) is 11.3 Å². The van der Waals surface area contributed by atoms with Crippen LogP contribution in [-0.4, -0.2) is 25.2 Å². The molecule has 2 aliphatic rings. The third kappa shape index (κ3) is 4.72. The molecule has 0 aliphatic heterocycles. The minimum Gasteiger partial charge on any atom is -0.462 e. The van der Waals surface area contributed by atoms with Crippen LogP contribution in [0.25, 0.3) is 0 Å². The van der Waals surface area contributed by atoms with Crippen molar-refractivity contribution in [3.05, 3.63) is 0 Å². The zero-order valence-corrected chi connectivity index (χ0v) is 14.2. The quantitative estimate of drug-likeness (QED) is 0.554. The van der Waals surface area contributed by atoms with E-state index in [1.165, 1.54) is 12.8 Å². The molecule has 0 saturated heterocycles. The smallest absolute Gasteiger partial charge is 0.309 e. The lowest BCUT2D eigenvalue weighted by atomic mass is 9.68. The molecular weight excluding hydrogens is 280 g/mol. The van der Waals surface area contributed by atoms with Crippen LogP contribution < -0.4 is 0 Å². The van der Waals surface area contributed by atoms with E-state index in [-0.39, 0.29) is 37.0 Å². The van der Waals surface area contributed by atoms with E-state index < -0.39 is 0 Å². The topological polar surface area (TPSA) is 52.6 Å². The van der Waals surface area contributed by atoms with E-state index in [0.717, 1.165) is 32.1 Å². The summed E-state index contributed by atoms with van der Waals surface area (Å²) in [6, 6.07) is 0. The molecule has 0 spiro atoms. The van der Waals surface area contributed by atoms with Gasteiger partial charge in [-0.25, -0.2) is 0 Å². The van der Waals surface area contributed by atoms with E-state index in [1.54, 1.807) is 0 Å². The van der Waals surface area contributed by atoms with Gasteiger partial charge in [0.1, 0.15) is 13.2 Å². The molecule has 0 N–H and O–H groups in total. The van der Waals surface area contributed by atoms with Crippen LogP contribution in [0.15, 0.2) is 0 Å². The van der Waals surface area contributed by atoms with Crippen LogP contribution in [0.5, 0.6) is 0 Å². The minimum absolute atomic E-state index is 0.0677. The van der Waals surface area contributed by atoms with Crippen molar-refractivity contribution in [1.82, 2.24) is 0 Å². The summed E-state index contributed by atoms with van der Waals surface area (Å²) in [5, 5.41) is 0. The van der Waals surface area contributed by atoms with E-state index in [1.807, 2.05) is 6.92 Å². The standard InChI is InChI=1S/C18H30O4/c1-13(15-8-5-9-18(2,3)12-15)16(19)21-10-11-22-17(20)14-6-4-7-14/h13-15H,4-12H2,1-3H3. The molecule has 0 aromatic carbocycles. The summed E-state index contributed by atoms with van der Waals surface area (Å²) in [7, 11) is 0. The first kappa shape index (κ1) is 17.3. The summed E-state index contributed by atoms with van der Waals surface area (Å²) in [4.78, 5) is 23.7. The molecular formula is C18H30O4. The van der Waals surface area contributed by atoms with Gasteiger partial charge in [0.15, 0.2) is 0 Å². The molecule has 2 atom stereocenters. The van der Waals surface area contributed by atoms with Crippen LogP contribution in [0.3, 0.4) is 0 Å². The van der Waals surface area contributed by atoms with E-state index in [9.17, 15) is 9.59 Å². The Morgan fingerprint density at radius 3 is 2.36 bits per heavy atom. The van der Waals surface area contributed by atoms with Crippen molar-refractivity contribution in [2.45, 2.75) is 65.7 Å². The van der Waals surface area contributed by atoms with Crippen LogP contribution in [0, 0.1) is 23.2 Å². The summed E-state index contributed by atoms with van der Waals surface area (Å²) >= 11 is 0. The lowest BCUT2D eigenvalue weighted by molar-refractivity contribution is -0.160. The maximum atomic E-state index is 12.1. The maximum absolute atomic E-state index is 12.1. The van der Waals surface area contributed by atoms with Crippen LogP contribution >= 0.6 is 0 Å². The zero-order chi connectivity index (χ0) is 16.2. The van der Waals surface area contributed by atoms with Crippen LogP contribution in [0.1, 0.15) is 65.7 Å². The maximum Gasteiger partial charge on any atom is 0.309 e. The fraction of sp³-hybridized carbons (Fsp3) is 0.889. The van der Waals surface area contributed by atoms with Gasteiger partial charge < -0.3 is 9.47 Å². The largest absolute Gasteiger partial charge is 0.462 e. The minimum atomic E-state index is -0.151. The second-order valence-corrected chi connectivity index (χ2v) is 7.77. The van der Waals surface area contributed by atoms with Crippen molar-refractivity contribution in [2.24, 2.45) is 23.2 Å². The summed E-state index contributed by atoms with van der Waals surface area (Å²) < 4.78 is 10.4. The fourth-order valence-corrected chi connectivity index (χ4v) is 3.55. The molecule has 0 aromatic rings. The second-order valence-electron chi connectivity index (χ2n) is 7.77. The molecule has 0 aromatic heterocycles. The predicted octanol–water partition coefficient (Wildman–Crippen LogP) is 3.73. The van der Waals surface area contributed by atoms with Gasteiger partial charge in [0.2, 0.25) is 0 Å². The summed E-state index contributed by atoms with van der Waals surface area (Å²) in [5.41, 5.74) is 0.329. The molecule has 2 saturated carbocycles. The first-order valence-electron chi connectivity index (χ1n) is 8.72. The van der Waals surface area contributed by atoms with Crippen LogP contribution in [-0.2, 0) is 19.1 Å². The van der Waals surface area contributed by atoms with E-state index in [4.69, 9.17) is 9.47 Å². The third-order valence-electron chi connectivity index (χ3n) is 5.33. The molecule has 22 heavy (non-hydrogen) atoms. The molecule has 4 heteroatoms. The fourth-order valence-electron chi connectivity index (χ4n) is 3.55. The van der Waals surface area contributed by atoms with Gasteiger partial charge in [-0.05, 0) is 43.4 Å². The molecule has 4 nitrogen and oxygen atoms in total. The van der Waals surface area contributed by atoms with Crippen LogP contribution in [0.4, 0.5) is 0 Å². The highest BCUT2D eigenvalue weighted by Crippen LogP contribution is 2.41. The number of rotatable bonds is 6. The Morgan fingerprint density at radius 1 is 1.09 bits per heavy atom. The van der Waals surface area contributed by atoms with Gasteiger partial charge in [0, 0.05) is 0 Å². The molecule has 0 radical (unpaired) electrons. The highest BCUT2D eigenvalue weighted by atomic mass is 16.6. The summed E-state index contributed by atoms with van der Waals surface area (Å²) in [5.74, 6) is 0.140. The van der Waals surface area contributed by atoms with Crippen molar-refractivity contribution in [3.8, 4) is 0 Å². The Bertz CT molecular complexity index is 398. The molecule has 2 aliphatic carbocycles. The normalized spacial score (nSPS) is 25.9. The Kier molecular flexibility index (Phi) is 5.87. The monoisotopic (exact) mass is 310 g/mol. The molecule has 2 fully saturated rings. The molecule has 126 valence electrons. The Hall–Kier alpha value is -1.06. The molecule has 0 heterocycles. The highest BCUT2D eigenvalue weighted by molar-refractivity contribution is 5.73. The number of esters is 2. The Balaban J connectivity index is 1.64. The van der Waals surface area contributed by atoms with Crippen molar-refractivity contribution < 1.29 is 19.1 Å². The zero-order valence-electron chi connectivity index (χ0n) is 14.2. The van der Waals surface area contributed by atoms with Gasteiger partial charge in [-0.15, -0.1) is 0 Å². The number of hydrogen-bond donors (Lipinski definition) is 0. The van der Waals surface area contributed by atoms with Crippen LogP contribution in [0.2, 0.25) is 0 Å². The van der Waals surface area contributed by atoms with Gasteiger partial charge in [-0.1, -0.05) is 33.6 Å². The van der Waals surface area contributed by atoms with Crippen molar-refractivity contribution in [1.29, 1.82) is 0 Å².